The van der Waals surface area contributed by atoms with E-state index in [1.165, 1.54) is 0 Å². The molecule has 1 aromatic carbocycles. The molecule has 0 aromatic heterocycles. The summed E-state index contributed by atoms with van der Waals surface area (Å²) in [7, 11) is 0. The fourth-order valence-corrected chi connectivity index (χ4v) is 2.18. The minimum atomic E-state index is -0.910. The molecule has 1 atom stereocenters. The van der Waals surface area contributed by atoms with Crippen molar-refractivity contribution < 1.29 is 19.5 Å². The molecule has 2 rings (SSSR count). The lowest BCUT2D eigenvalue weighted by atomic mass is 10.0. The van der Waals surface area contributed by atoms with Crippen molar-refractivity contribution in [1.29, 1.82) is 0 Å². The molecule has 0 spiro atoms. The van der Waals surface area contributed by atoms with Crippen LogP contribution in [-0.4, -0.2) is 28.9 Å². The van der Waals surface area contributed by atoms with Gasteiger partial charge < -0.3 is 15.7 Å². The van der Waals surface area contributed by atoms with Gasteiger partial charge >= 0.3 is 5.97 Å². The Bertz CT molecular complexity index is 542. The molecule has 1 fully saturated rings. The topological polar surface area (TPSA) is 95.5 Å². The first-order valence-corrected chi connectivity index (χ1v) is 6.42. The van der Waals surface area contributed by atoms with Crippen molar-refractivity contribution in [3.05, 3.63) is 35.4 Å². The van der Waals surface area contributed by atoms with E-state index in [0.717, 1.165) is 5.56 Å². The Morgan fingerprint density at radius 2 is 2.00 bits per heavy atom. The number of aliphatic carboxylic acids is 1. The molecule has 0 saturated carbocycles. The number of hydrogen-bond donors (Lipinski definition) is 3. The molecule has 2 amide bonds. The maximum absolute atomic E-state index is 11.9. The second kappa shape index (κ2) is 6.18. The third-order valence-corrected chi connectivity index (χ3v) is 3.22. The molecule has 1 unspecified atom stereocenters. The summed E-state index contributed by atoms with van der Waals surface area (Å²) >= 11 is 0. The van der Waals surface area contributed by atoms with Crippen molar-refractivity contribution in [2.24, 2.45) is 0 Å². The summed E-state index contributed by atoms with van der Waals surface area (Å²) in [4.78, 5) is 33.7. The van der Waals surface area contributed by atoms with Gasteiger partial charge in [-0.1, -0.05) is 24.3 Å². The van der Waals surface area contributed by atoms with E-state index < -0.39 is 12.0 Å². The SMILES string of the molecule is O=C(O)Cc1ccccc1CNC(=O)C1CCC(=O)N1. The van der Waals surface area contributed by atoms with Gasteiger partial charge in [0.05, 0.1) is 6.42 Å². The molecule has 0 radical (unpaired) electrons. The third kappa shape index (κ3) is 3.57. The fourth-order valence-electron chi connectivity index (χ4n) is 2.18. The molecule has 6 heteroatoms. The number of rotatable bonds is 5. The van der Waals surface area contributed by atoms with Crippen molar-refractivity contribution in [2.75, 3.05) is 0 Å². The van der Waals surface area contributed by atoms with Crippen LogP contribution in [0.3, 0.4) is 0 Å². The van der Waals surface area contributed by atoms with Crippen LogP contribution in [0.15, 0.2) is 24.3 Å². The normalized spacial score (nSPS) is 17.6. The average molecular weight is 276 g/mol. The minimum absolute atomic E-state index is 0.0772. The fraction of sp³-hybridized carbons (Fsp3) is 0.357. The van der Waals surface area contributed by atoms with Gasteiger partial charge in [0.25, 0.3) is 0 Å². The molecular weight excluding hydrogens is 260 g/mol. The zero-order chi connectivity index (χ0) is 14.5. The molecule has 6 nitrogen and oxygen atoms in total. The molecule has 1 aromatic rings. The second-order valence-electron chi connectivity index (χ2n) is 4.72. The minimum Gasteiger partial charge on any atom is -0.481 e. The summed E-state index contributed by atoms with van der Waals surface area (Å²) in [5.74, 6) is -1.26. The number of nitrogens with one attached hydrogen (secondary N) is 2. The van der Waals surface area contributed by atoms with Crippen LogP contribution in [0.4, 0.5) is 0 Å². The number of carboxylic acids is 1. The van der Waals surface area contributed by atoms with E-state index in [4.69, 9.17) is 5.11 Å². The lowest BCUT2D eigenvalue weighted by Gasteiger charge is -2.12. The van der Waals surface area contributed by atoms with Gasteiger partial charge in [0.1, 0.15) is 6.04 Å². The largest absolute Gasteiger partial charge is 0.481 e. The Balaban J connectivity index is 1.95. The number of carbonyl (C=O) groups excluding carboxylic acids is 2. The van der Waals surface area contributed by atoms with Gasteiger partial charge in [-0.15, -0.1) is 0 Å². The molecule has 1 aliphatic heterocycles. The number of carboxylic acid groups (broad SMARTS) is 1. The second-order valence-corrected chi connectivity index (χ2v) is 4.72. The van der Waals surface area contributed by atoms with E-state index in [-0.39, 0.29) is 24.8 Å². The van der Waals surface area contributed by atoms with Gasteiger partial charge in [-0.05, 0) is 17.5 Å². The summed E-state index contributed by atoms with van der Waals surface area (Å²) in [6.07, 6.45) is 0.793. The van der Waals surface area contributed by atoms with Crippen molar-refractivity contribution in [1.82, 2.24) is 10.6 Å². The van der Waals surface area contributed by atoms with Gasteiger partial charge in [-0.2, -0.15) is 0 Å². The Kier molecular flexibility index (Phi) is 4.34. The van der Waals surface area contributed by atoms with Crippen LogP contribution < -0.4 is 10.6 Å². The number of benzene rings is 1. The van der Waals surface area contributed by atoms with Crippen LogP contribution in [0.5, 0.6) is 0 Å². The van der Waals surface area contributed by atoms with E-state index >= 15 is 0 Å². The summed E-state index contributed by atoms with van der Waals surface area (Å²) in [6.45, 7) is 0.259. The quantitative estimate of drug-likeness (QED) is 0.716. The molecule has 106 valence electrons. The molecular formula is C14H16N2O4. The van der Waals surface area contributed by atoms with Gasteiger partial charge in [0.15, 0.2) is 0 Å². The Morgan fingerprint density at radius 1 is 1.30 bits per heavy atom. The molecule has 1 saturated heterocycles. The van der Waals surface area contributed by atoms with Crippen molar-refractivity contribution in [2.45, 2.75) is 31.8 Å². The first kappa shape index (κ1) is 14.0. The monoisotopic (exact) mass is 276 g/mol. The van der Waals surface area contributed by atoms with Gasteiger partial charge in [0.2, 0.25) is 11.8 Å². The van der Waals surface area contributed by atoms with Crippen molar-refractivity contribution in [3.63, 3.8) is 0 Å². The Labute approximate surface area is 116 Å². The van der Waals surface area contributed by atoms with Crippen LogP contribution in [0.2, 0.25) is 0 Å². The smallest absolute Gasteiger partial charge is 0.307 e. The highest BCUT2D eigenvalue weighted by molar-refractivity contribution is 5.90. The summed E-state index contributed by atoms with van der Waals surface area (Å²) in [5, 5.41) is 14.2. The van der Waals surface area contributed by atoms with Gasteiger partial charge in [-0.3, -0.25) is 14.4 Å². The van der Waals surface area contributed by atoms with Crippen LogP contribution in [0.1, 0.15) is 24.0 Å². The van der Waals surface area contributed by atoms with E-state index in [9.17, 15) is 14.4 Å². The highest BCUT2D eigenvalue weighted by atomic mass is 16.4. The lowest BCUT2D eigenvalue weighted by Crippen LogP contribution is -2.41. The van der Waals surface area contributed by atoms with E-state index in [2.05, 4.69) is 10.6 Å². The van der Waals surface area contributed by atoms with Crippen molar-refractivity contribution in [3.8, 4) is 0 Å². The summed E-state index contributed by atoms with van der Waals surface area (Å²) in [5.41, 5.74) is 1.45. The molecule has 3 N–H and O–H groups in total. The molecule has 0 bridgehead atoms. The number of amides is 2. The molecule has 0 aliphatic carbocycles. The Morgan fingerprint density at radius 3 is 2.60 bits per heavy atom. The summed E-state index contributed by atoms with van der Waals surface area (Å²) in [6, 6.07) is 6.60. The lowest BCUT2D eigenvalue weighted by molar-refractivity contribution is -0.136. The average Bonchev–Trinajstić information content (AvgIpc) is 2.83. The number of hydrogen-bond acceptors (Lipinski definition) is 3. The van der Waals surface area contributed by atoms with Crippen LogP contribution in [0, 0.1) is 0 Å². The first-order valence-electron chi connectivity index (χ1n) is 6.42. The van der Waals surface area contributed by atoms with Crippen LogP contribution in [-0.2, 0) is 27.3 Å². The van der Waals surface area contributed by atoms with E-state index in [1.807, 2.05) is 0 Å². The zero-order valence-electron chi connectivity index (χ0n) is 10.9. The highest BCUT2D eigenvalue weighted by Gasteiger charge is 2.26. The predicted octanol–water partition coefficient (Wildman–Crippen LogP) is 0.209. The van der Waals surface area contributed by atoms with E-state index in [0.29, 0.717) is 18.4 Å². The zero-order valence-corrected chi connectivity index (χ0v) is 10.9. The van der Waals surface area contributed by atoms with Crippen LogP contribution >= 0.6 is 0 Å². The predicted molar refractivity (Wildman–Crippen MR) is 70.8 cm³/mol. The standard InChI is InChI=1S/C14H16N2O4/c17-12-6-5-11(16-12)14(20)15-8-10-4-2-1-3-9(10)7-13(18)19/h1-4,11H,5-8H2,(H,15,20)(H,16,17)(H,18,19). The maximum atomic E-state index is 11.9. The maximum Gasteiger partial charge on any atom is 0.307 e. The Hall–Kier alpha value is -2.37. The van der Waals surface area contributed by atoms with Crippen molar-refractivity contribution >= 4 is 17.8 Å². The van der Waals surface area contributed by atoms with Gasteiger partial charge in [-0.25, -0.2) is 0 Å². The first-order chi connectivity index (χ1) is 9.56. The van der Waals surface area contributed by atoms with Gasteiger partial charge in [0, 0.05) is 13.0 Å². The number of carbonyl (C=O) groups is 3. The molecule has 1 heterocycles. The third-order valence-electron chi connectivity index (χ3n) is 3.22. The summed E-state index contributed by atoms with van der Waals surface area (Å²) < 4.78 is 0. The molecule has 1 aliphatic rings. The molecule has 20 heavy (non-hydrogen) atoms. The van der Waals surface area contributed by atoms with Crippen LogP contribution in [0.25, 0.3) is 0 Å². The highest BCUT2D eigenvalue weighted by Crippen LogP contribution is 2.11. The van der Waals surface area contributed by atoms with E-state index in [1.54, 1.807) is 24.3 Å².